The Balaban J connectivity index is 1.65. The van der Waals surface area contributed by atoms with E-state index in [2.05, 4.69) is 24.0 Å². The summed E-state index contributed by atoms with van der Waals surface area (Å²) < 4.78 is 10.9. The van der Waals surface area contributed by atoms with Crippen LogP contribution >= 0.6 is 0 Å². The first kappa shape index (κ1) is 15.0. The summed E-state index contributed by atoms with van der Waals surface area (Å²) in [6.07, 6.45) is 6.40. The van der Waals surface area contributed by atoms with Crippen LogP contribution in [0, 0.1) is 11.8 Å². The molecule has 1 aliphatic heterocycles. The Labute approximate surface area is 126 Å². The summed E-state index contributed by atoms with van der Waals surface area (Å²) in [5.41, 5.74) is 5.92. The summed E-state index contributed by atoms with van der Waals surface area (Å²) in [4.78, 5) is 4.64. The molecule has 2 aliphatic rings. The minimum atomic E-state index is -0.487. The van der Waals surface area contributed by atoms with Crippen molar-refractivity contribution in [1.82, 2.24) is 10.1 Å². The third-order valence-electron chi connectivity index (χ3n) is 5.33. The summed E-state index contributed by atoms with van der Waals surface area (Å²) in [5.74, 6) is 3.54. The molecule has 0 amide bonds. The average molecular weight is 293 g/mol. The second kappa shape index (κ2) is 6.05. The summed E-state index contributed by atoms with van der Waals surface area (Å²) in [6.45, 7) is 5.99. The fourth-order valence-electron chi connectivity index (χ4n) is 3.60. The normalized spacial score (nSPS) is 29.7. The Morgan fingerprint density at radius 1 is 1.14 bits per heavy atom. The van der Waals surface area contributed by atoms with Gasteiger partial charge in [0.1, 0.15) is 5.54 Å². The molecule has 5 heteroatoms. The first-order chi connectivity index (χ1) is 10.1. The lowest BCUT2D eigenvalue weighted by molar-refractivity contribution is 0.0400. The van der Waals surface area contributed by atoms with Crippen molar-refractivity contribution in [1.29, 1.82) is 0 Å². The van der Waals surface area contributed by atoms with Crippen LogP contribution in [-0.4, -0.2) is 23.4 Å². The SMILES string of the molecule is CC(C)C1CCC(c2noc(C3(N)CCOCC3)n2)CC1. The highest BCUT2D eigenvalue weighted by Crippen LogP contribution is 2.38. The Bertz CT molecular complexity index is 458. The summed E-state index contributed by atoms with van der Waals surface area (Å²) in [7, 11) is 0. The lowest BCUT2D eigenvalue weighted by atomic mass is 9.77. The number of rotatable bonds is 3. The van der Waals surface area contributed by atoms with Gasteiger partial charge in [-0.05, 0) is 50.4 Å². The molecule has 0 atom stereocenters. The third-order valence-corrected chi connectivity index (χ3v) is 5.33. The highest BCUT2D eigenvalue weighted by atomic mass is 16.5. The smallest absolute Gasteiger partial charge is 0.246 e. The van der Waals surface area contributed by atoms with E-state index in [4.69, 9.17) is 15.0 Å². The Hall–Kier alpha value is -0.940. The number of ether oxygens (including phenoxy) is 1. The quantitative estimate of drug-likeness (QED) is 0.927. The fraction of sp³-hybridized carbons (Fsp3) is 0.875. The lowest BCUT2D eigenvalue weighted by Crippen LogP contribution is -2.42. The van der Waals surface area contributed by atoms with Crippen molar-refractivity contribution in [2.24, 2.45) is 17.6 Å². The lowest BCUT2D eigenvalue weighted by Gasteiger charge is -2.30. The van der Waals surface area contributed by atoms with Crippen molar-refractivity contribution >= 4 is 0 Å². The third kappa shape index (κ3) is 3.14. The van der Waals surface area contributed by atoms with Gasteiger partial charge in [-0.3, -0.25) is 0 Å². The van der Waals surface area contributed by atoms with Gasteiger partial charge >= 0.3 is 0 Å². The zero-order chi connectivity index (χ0) is 14.9. The Morgan fingerprint density at radius 3 is 2.43 bits per heavy atom. The number of nitrogens with two attached hydrogens (primary N) is 1. The van der Waals surface area contributed by atoms with Gasteiger partial charge in [0.25, 0.3) is 0 Å². The van der Waals surface area contributed by atoms with Crippen molar-refractivity contribution in [2.75, 3.05) is 13.2 Å². The van der Waals surface area contributed by atoms with E-state index in [1.54, 1.807) is 0 Å². The predicted octanol–water partition coefficient (Wildman–Crippen LogP) is 2.96. The van der Waals surface area contributed by atoms with Crippen LogP contribution in [0.1, 0.15) is 70.0 Å². The first-order valence-corrected chi connectivity index (χ1v) is 8.29. The largest absolute Gasteiger partial charge is 0.381 e. The molecule has 1 saturated carbocycles. The molecule has 0 spiro atoms. The number of hydrogen-bond acceptors (Lipinski definition) is 5. The van der Waals surface area contributed by atoms with Crippen molar-refractivity contribution < 1.29 is 9.26 Å². The van der Waals surface area contributed by atoms with Gasteiger partial charge in [0.15, 0.2) is 5.82 Å². The summed E-state index contributed by atoms with van der Waals surface area (Å²) in [6, 6.07) is 0. The van der Waals surface area contributed by atoms with E-state index in [9.17, 15) is 0 Å². The molecule has 0 bridgehead atoms. The number of aromatic nitrogens is 2. The maximum atomic E-state index is 6.41. The zero-order valence-electron chi connectivity index (χ0n) is 13.2. The molecule has 1 aliphatic carbocycles. The molecule has 5 nitrogen and oxygen atoms in total. The van der Waals surface area contributed by atoms with E-state index in [0.29, 0.717) is 25.0 Å². The van der Waals surface area contributed by atoms with Gasteiger partial charge in [-0.15, -0.1) is 0 Å². The molecule has 21 heavy (non-hydrogen) atoms. The van der Waals surface area contributed by atoms with Crippen LogP contribution in [0.5, 0.6) is 0 Å². The minimum absolute atomic E-state index is 0.445. The monoisotopic (exact) mass is 293 g/mol. The maximum absolute atomic E-state index is 6.41. The van der Waals surface area contributed by atoms with Crippen LogP contribution in [0.25, 0.3) is 0 Å². The van der Waals surface area contributed by atoms with Crippen molar-refractivity contribution in [3.8, 4) is 0 Å². The van der Waals surface area contributed by atoms with Crippen LogP contribution in [0.4, 0.5) is 0 Å². The zero-order valence-corrected chi connectivity index (χ0v) is 13.2. The molecule has 2 N–H and O–H groups in total. The average Bonchev–Trinajstić information content (AvgIpc) is 2.99. The molecule has 0 unspecified atom stereocenters. The van der Waals surface area contributed by atoms with E-state index in [-0.39, 0.29) is 0 Å². The predicted molar refractivity (Wildman–Crippen MR) is 79.8 cm³/mol. The Morgan fingerprint density at radius 2 is 1.81 bits per heavy atom. The van der Waals surface area contributed by atoms with Gasteiger partial charge in [0, 0.05) is 19.1 Å². The fourth-order valence-corrected chi connectivity index (χ4v) is 3.60. The first-order valence-electron chi connectivity index (χ1n) is 8.29. The van der Waals surface area contributed by atoms with Crippen LogP contribution in [0.3, 0.4) is 0 Å². The molecule has 0 radical (unpaired) electrons. The molecular formula is C16H27N3O2. The highest BCUT2D eigenvalue weighted by molar-refractivity contribution is 5.06. The molecule has 2 fully saturated rings. The number of hydrogen-bond donors (Lipinski definition) is 1. The summed E-state index contributed by atoms with van der Waals surface area (Å²) >= 11 is 0. The van der Waals surface area contributed by atoms with Gasteiger partial charge in [-0.1, -0.05) is 19.0 Å². The highest BCUT2D eigenvalue weighted by Gasteiger charge is 2.37. The number of nitrogens with zero attached hydrogens (tertiary/aromatic N) is 2. The van der Waals surface area contributed by atoms with Crippen molar-refractivity contribution in [3.63, 3.8) is 0 Å². The van der Waals surface area contributed by atoms with Gasteiger partial charge in [0.2, 0.25) is 5.89 Å². The van der Waals surface area contributed by atoms with Gasteiger partial charge in [-0.25, -0.2) is 0 Å². The molecule has 118 valence electrons. The topological polar surface area (TPSA) is 74.2 Å². The van der Waals surface area contributed by atoms with E-state index in [1.165, 1.54) is 25.7 Å². The molecule has 1 saturated heterocycles. The van der Waals surface area contributed by atoms with Crippen LogP contribution in [0.15, 0.2) is 4.52 Å². The second-order valence-electron chi connectivity index (χ2n) is 7.08. The van der Waals surface area contributed by atoms with Gasteiger partial charge in [-0.2, -0.15) is 4.98 Å². The van der Waals surface area contributed by atoms with Crippen LogP contribution in [-0.2, 0) is 10.3 Å². The van der Waals surface area contributed by atoms with Gasteiger partial charge in [0.05, 0.1) is 0 Å². The van der Waals surface area contributed by atoms with Gasteiger partial charge < -0.3 is 15.0 Å². The van der Waals surface area contributed by atoms with Crippen LogP contribution in [0.2, 0.25) is 0 Å². The second-order valence-corrected chi connectivity index (χ2v) is 7.08. The molecule has 2 heterocycles. The van der Waals surface area contributed by atoms with Crippen molar-refractivity contribution in [3.05, 3.63) is 11.7 Å². The van der Waals surface area contributed by atoms with Crippen LogP contribution < -0.4 is 5.73 Å². The molecule has 0 aromatic carbocycles. The molecule has 1 aromatic heterocycles. The molecule has 3 rings (SSSR count). The molecular weight excluding hydrogens is 266 g/mol. The molecule has 1 aromatic rings. The standard InChI is InChI=1S/C16H27N3O2/c1-11(2)12-3-5-13(6-4-12)14-18-15(21-19-14)16(17)7-9-20-10-8-16/h11-13H,3-10,17H2,1-2H3. The van der Waals surface area contributed by atoms with E-state index in [0.717, 1.165) is 30.5 Å². The maximum Gasteiger partial charge on any atom is 0.246 e. The Kier molecular flexibility index (Phi) is 4.31. The van der Waals surface area contributed by atoms with Crippen molar-refractivity contribution in [2.45, 2.75) is 63.8 Å². The summed E-state index contributed by atoms with van der Waals surface area (Å²) in [5, 5.41) is 4.22. The van der Waals surface area contributed by atoms with E-state index in [1.807, 2.05) is 0 Å². The minimum Gasteiger partial charge on any atom is -0.381 e. The van der Waals surface area contributed by atoms with E-state index >= 15 is 0 Å². The van der Waals surface area contributed by atoms with E-state index < -0.39 is 5.54 Å².